The van der Waals surface area contributed by atoms with Gasteiger partial charge in [0.2, 0.25) is 0 Å². The van der Waals surface area contributed by atoms with Crippen molar-refractivity contribution in [1.82, 2.24) is 20.0 Å². The molecule has 7 nitrogen and oxygen atoms in total. The van der Waals surface area contributed by atoms with E-state index in [2.05, 4.69) is 33.9 Å². The highest BCUT2D eigenvalue weighted by molar-refractivity contribution is 4.80. The number of hydrogen-bond donors (Lipinski definition) is 4. The molecule has 4 N–H and O–H groups in total. The molecule has 1 rings (SSSR count). The molecular formula is C24H52N4O3. The van der Waals surface area contributed by atoms with E-state index in [0.29, 0.717) is 13.1 Å². The second kappa shape index (κ2) is 18.2. The van der Waals surface area contributed by atoms with Crippen molar-refractivity contribution in [3.8, 4) is 0 Å². The number of nitrogens with zero attached hydrogens (tertiary/aromatic N) is 3. The first-order chi connectivity index (χ1) is 15.1. The van der Waals surface area contributed by atoms with E-state index in [-0.39, 0.29) is 25.2 Å². The molecule has 1 unspecified atom stereocenters. The number of hydrogen-bond acceptors (Lipinski definition) is 7. The number of unbranched alkanes of at least 4 members (excludes halogenated alkanes) is 5. The van der Waals surface area contributed by atoms with Crippen LogP contribution in [0.2, 0.25) is 0 Å². The topological polar surface area (TPSA) is 82.4 Å². The minimum atomic E-state index is -0.0764. The van der Waals surface area contributed by atoms with Crippen LogP contribution in [0.15, 0.2) is 0 Å². The number of aliphatic hydroxyl groups is 3. The summed E-state index contributed by atoms with van der Waals surface area (Å²) in [4.78, 5) is 7.16. The molecule has 0 aromatic heterocycles. The van der Waals surface area contributed by atoms with Crippen molar-refractivity contribution in [3.63, 3.8) is 0 Å². The predicted octanol–water partition coefficient (Wildman–Crippen LogP) is 1.23. The molecule has 0 aromatic carbocycles. The standard InChI is InChI=1S/C24H52N4O3/c1-3-4-5-6-7-8-9-24(2,23-31)22-28-16-14-26(18-20-29)12-10-25-11-13-27(15-17-28)19-21-30/h25,29-31H,3-23H2,1-2H3. The molecule has 186 valence electrons. The van der Waals surface area contributed by atoms with Gasteiger partial charge in [0, 0.05) is 84.0 Å². The van der Waals surface area contributed by atoms with Crippen molar-refractivity contribution < 1.29 is 15.3 Å². The molecule has 1 atom stereocenters. The Morgan fingerprint density at radius 3 is 1.74 bits per heavy atom. The van der Waals surface area contributed by atoms with Crippen LogP contribution in [0, 0.1) is 5.41 Å². The quantitative estimate of drug-likeness (QED) is 0.300. The highest BCUT2D eigenvalue weighted by Gasteiger charge is 2.26. The normalized spacial score (nSPS) is 20.8. The summed E-state index contributed by atoms with van der Waals surface area (Å²) in [6.45, 7) is 14.9. The van der Waals surface area contributed by atoms with Crippen LogP contribution in [0.25, 0.3) is 0 Å². The third-order valence-corrected chi connectivity index (χ3v) is 6.63. The van der Waals surface area contributed by atoms with E-state index in [9.17, 15) is 15.3 Å². The highest BCUT2D eigenvalue weighted by Crippen LogP contribution is 2.26. The lowest BCUT2D eigenvalue weighted by atomic mass is 9.84. The van der Waals surface area contributed by atoms with Crippen LogP contribution in [0.1, 0.15) is 58.8 Å². The van der Waals surface area contributed by atoms with Gasteiger partial charge in [-0.3, -0.25) is 9.80 Å². The molecular weight excluding hydrogens is 392 g/mol. The van der Waals surface area contributed by atoms with Crippen LogP contribution in [-0.4, -0.2) is 122 Å². The number of nitrogens with one attached hydrogen (secondary N) is 1. The maximum Gasteiger partial charge on any atom is 0.0558 e. The van der Waals surface area contributed by atoms with Gasteiger partial charge < -0.3 is 25.5 Å². The zero-order chi connectivity index (χ0) is 22.8. The zero-order valence-electron chi connectivity index (χ0n) is 20.5. The average molecular weight is 445 g/mol. The molecule has 1 saturated heterocycles. The Morgan fingerprint density at radius 1 is 0.710 bits per heavy atom. The predicted molar refractivity (Wildman–Crippen MR) is 130 cm³/mol. The smallest absolute Gasteiger partial charge is 0.0558 e. The SMILES string of the molecule is CCCCCCCCC(C)(CO)CN1CCN(CCO)CCNCCN(CCO)CC1. The van der Waals surface area contributed by atoms with Gasteiger partial charge in [0.15, 0.2) is 0 Å². The Morgan fingerprint density at radius 2 is 1.23 bits per heavy atom. The van der Waals surface area contributed by atoms with E-state index >= 15 is 0 Å². The molecule has 0 aliphatic carbocycles. The van der Waals surface area contributed by atoms with E-state index in [1.54, 1.807) is 0 Å². The number of β-amino-alcohol motifs (C(OH)–C–C–N with tert-alkyl or cyclic N) is 2. The maximum absolute atomic E-state index is 10.2. The molecule has 0 spiro atoms. The van der Waals surface area contributed by atoms with Crippen LogP contribution in [0.4, 0.5) is 0 Å². The largest absolute Gasteiger partial charge is 0.396 e. The summed E-state index contributed by atoms with van der Waals surface area (Å²) in [5, 5.41) is 32.6. The minimum absolute atomic E-state index is 0.0764. The van der Waals surface area contributed by atoms with Crippen LogP contribution in [-0.2, 0) is 0 Å². The first kappa shape index (κ1) is 28.8. The van der Waals surface area contributed by atoms with Gasteiger partial charge in [-0.1, -0.05) is 52.4 Å². The first-order valence-electron chi connectivity index (χ1n) is 12.8. The van der Waals surface area contributed by atoms with Gasteiger partial charge in [0.25, 0.3) is 0 Å². The third kappa shape index (κ3) is 13.8. The Bertz CT molecular complexity index is 396. The molecule has 1 aliphatic heterocycles. The van der Waals surface area contributed by atoms with E-state index < -0.39 is 0 Å². The van der Waals surface area contributed by atoms with E-state index in [4.69, 9.17) is 0 Å². The molecule has 0 saturated carbocycles. The van der Waals surface area contributed by atoms with Gasteiger partial charge in [-0.15, -0.1) is 0 Å². The average Bonchev–Trinajstić information content (AvgIpc) is 2.76. The fourth-order valence-electron chi connectivity index (χ4n) is 4.47. The van der Waals surface area contributed by atoms with E-state index in [0.717, 1.165) is 65.3 Å². The summed E-state index contributed by atoms with van der Waals surface area (Å²) in [7, 11) is 0. The van der Waals surface area contributed by atoms with Gasteiger partial charge in [0.1, 0.15) is 0 Å². The number of aliphatic hydroxyl groups excluding tert-OH is 3. The van der Waals surface area contributed by atoms with Gasteiger partial charge in [-0.05, 0) is 6.42 Å². The second-order valence-electron chi connectivity index (χ2n) is 9.64. The van der Waals surface area contributed by atoms with Crippen molar-refractivity contribution in [3.05, 3.63) is 0 Å². The van der Waals surface area contributed by atoms with E-state index in [1.165, 1.54) is 38.5 Å². The Balaban J connectivity index is 2.67. The molecule has 1 fully saturated rings. The fraction of sp³-hybridized carbons (Fsp3) is 1.00. The monoisotopic (exact) mass is 444 g/mol. The minimum Gasteiger partial charge on any atom is -0.396 e. The molecule has 1 heterocycles. The Hall–Kier alpha value is -0.280. The van der Waals surface area contributed by atoms with Gasteiger partial charge in [-0.2, -0.15) is 0 Å². The first-order valence-corrected chi connectivity index (χ1v) is 12.8. The number of rotatable bonds is 14. The maximum atomic E-state index is 10.2. The summed E-state index contributed by atoms with van der Waals surface area (Å²) in [6, 6.07) is 0. The lowest BCUT2D eigenvalue weighted by molar-refractivity contribution is 0.0631. The molecule has 1 aliphatic rings. The lowest BCUT2D eigenvalue weighted by Gasteiger charge is -2.37. The summed E-state index contributed by atoms with van der Waals surface area (Å²) < 4.78 is 0. The Labute approximate surface area is 191 Å². The van der Waals surface area contributed by atoms with Crippen LogP contribution >= 0.6 is 0 Å². The third-order valence-electron chi connectivity index (χ3n) is 6.63. The lowest BCUT2D eigenvalue weighted by Crippen LogP contribution is -2.48. The molecule has 0 aromatic rings. The summed E-state index contributed by atoms with van der Waals surface area (Å²) in [5.74, 6) is 0. The fourth-order valence-corrected chi connectivity index (χ4v) is 4.47. The van der Waals surface area contributed by atoms with Gasteiger partial charge in [0.05, 0.1) is 13.2 Å². The summed E-state index contributed by atoms with van der Waals surface area (Å²) >= 11 is 0. The van der Waals surface area contributed by atoms with Crippen LogP contribution in [0.5, 0.6) is 0 Å². The highest BCUT2D eigenvalue weighted by atomic mass is 16.3. The second-order valence-corrected chi connectivity index (χ2v) is 9.64. The van der Waals surface area contributed by atoms with Crippen molar-refractivity contribution in [2.75, 3.05) is 91.8 Å². The molecule has 31 heavy (non-hydrogen) atoms. The van der Waals surface area contributed by atoms with Crippen molar-refractivity contribution in [2.45, 2.75) is 58.8 Å². The van der Waals surface area contributed by atoms with Crippen molar-refractivity contribution >= 4 is 0 Å². The summed E-state index contributed by atoms with van der Waals surface area (Å²) in [6.07, 6.45) is 8.75. The van der Waals surface area contributed by atoms with Gasteiger partial charge >= 0.3 is 0 Å². The van der Waals surface area contributed by atoms with Crippen LogP contribution < -0.4 is 5.32 Å². The zero-order valence-corrected chi connectivity index (χ0v) is 20.5. The van der Waals surface area contributed by atoms with Crippen LogP contribution in [0.3, 0.4) is 0 Å². The van der Waals surface area contributed by atoms with Crippen molar-refractivity contribution in [2.24, 2.45) is 5.41 Å². The molecule has 7 heteroatoms. The molecule has 0 bridgehead atoms. The molecule has 0 amide bonds. The molecule has 0 radical (unpaired) electrons. The van der Waals surface area contributed by atoms with Gasteiger partial charge in [-0.25, -0.2) is 0 Å². The Kier molecular flexibility index (Phi) is 16.9. The van der Waals surface area contributed by atoms with Crippen molar-refractivity contribution in [1.29, 1.82) is 0 Å². The van der Waals surface area contributed by atoms with E-state index in [1.807, 2.05) is 0 Å². The summed E-state index contributed by atoms with van der Waals surface area (Å²) in [5.41, 5.74) is -0.0764.